The Bertz CT molecular complexity index is 647. The monoisotopic (exact) mass is 313 g/mol. The van der Waals surface area contributed by atoms with Gasteiger partial charge in [-0.05, 0) is 18.6 Å². The standard InChI is InChI=1S/C16H19N5O2/c1-12-11-21(6-7-23-12)15-3-2-13(8-19-15)9-20-16(22)14-10-17-4-5-18-14/h2-5,8,10,12H,6-7,9,11H2,1H3,(H,20,22)/t12-/m1/s1. The molecule has 2 aromatic rings. The minimum atomic E-state index is -0.246. The van der Waals surface area contributed by atoms with Gasteiger partial charge in [0, 0.05) is 38.2 Å². The summed E-state index contributed by atoms with van der Waals surface area (Å²) in [7, 11) is 0. The molecule has 0 saturated carbocycles. The third kappa shape index (κ3) is 4.01. The maximum Gasteiger partial charge on any atom is 0.271 e. The van der Waals surface area contributed by atoms with Crippen LogP contribution in [0.5, 0.6) is 0 Å². The molecule has 1 aliphatic rings. The van der Waals surface area contributed by atoms with E-state index in [1.54, 1.807) is 6.20 Å². The number of aromatic nitrogens is 3. The van der Waals surface area contributed by atoms with Crippen LogP contribution in [0.4, 0.5) is 5.82 Å². The number of hydrogen-bond donors (Lipinski definition) is 1. The number of hydrogen-bond acceptors (Lipinski definition) is 6. The summed E-state index contributed by atoms with van der Waals surface area (Å²) in [6, 6.07) is 3.95. The van der Waals surface area contributed by atoms with E-state index in [2.05, 4.69) is 32.1 Å². The Morgan fingerprint density at radius 3 is 2.96 bits per heavy atom. The van der Waals surface area contributed by atoms with Gasteiger partial charge >= 0.3 is 0 Å². The quantitative estimate of drug-likeness (QED) is 0.908. The van der Waals surface area contributed by atoms with Crippen molar-refractivity contribution in [1.29, 1.82) is 0 Å². The molecular weight excluding hydrogens is 294 g/mol. The third-order valence-corrected chi connectivity index (χ3v) is 3.62. The smallest absolute Gasteiger partial charge is 0.271 e. The SMILES string of the molecule is C[C@@H]1CN(c2ccc(CNC(=O)c3cnccn3)cn2)CCO1. The van der Waals surface area contributed by atoms with Gasteiger partial charge in [0.1, 0.15) is 11.5 Å². The summed E-state index contributed by atoms with van der Waals surface area (Å²) in [5.41, 5.74) is 1.24. The molecule has 0 bridgehead atoms. The number of carbonyl (C=O) groups is 1. The number of anilines is 1. The van der Waals surface area contributed by atoms with Gasteiger partial charge in [0.25, 0.3) is 5.91 Å². The summed E-state index contributed by atoms with van der Waals surface area (Å²) in [5, 5.41) is 2.81. The van der Waals surface area contributed by atoms with Crippen LogP contribution in [-0.4, -0.2) is 46.7 Å². The molecule has 7 heteroatoms. The lowest BCUT2D eigenvalue weighted by Gasteiger charge is -2.32. The molecule has 120 valence electrons. The number of amides is 1. The number of morpholine rings is 1. The highest BCUT2D eigenvalue weighted by Crippen LogP contribution is 2.15. The van der Waals surface area contributed by atoms with E-state index in [1.807, 2.05) is 12.1 Å². The van der Waals surface area contributed by atoms with E-state index in [4.69, 9.17) is 4.74 Å². The fraction of sp³-hybridized carbons (Fsp3) is 0.375. The Kier molecular flexibility index (Phi) is 4.77. The van der Waals surface area contributed by atoms with Gasteiger partial charge in [-0.25, -0.2) is 9.97 Å². The Labute approximate surface area is 134 Å². The van der Waals surface area contributed by atoms with Gasteiger partial charge in [-0.3, -0.25) is 9.78 Å². The molecule has 0 spiro atoms. The molecular formula is C16H19N5O2. The van der Waals surface area contributed by atoms with Crippen LogP contribution in [0.25, 0.3) is 0 Å². The maximum absolute atomic E-state index is 11.9. The lowest BCUT2D eigenvalue weighted by atomic mass is 10.2. The molecule has 1 fully saturated rings. The largest absolute Gasteiger partial charge is 0.375 e. The molecule has 0 radical (unpaired) electrons. The zero-order chi connectivity index (χ0) is 16.1. The van der Waals surface area contributed by atoms with E-state index in [0.29, 0.717) is 12.2 Å². The minimum absolute atomic E-state index is 0.219. The molecule has 0 aromatic carbocycles. The topological polar surface area (TPSA) is 80.2 Å². The average Bonchev–Trinajstić information content (AvgIpc) is 2.61. The summed E-state index contributed by atoms with van der Waals surface area (Å²) in [6.45, 7) is 4.87. The molecule has 23 heavy (non-hydrogen) atoms. The van der Waals surface area contributed by atoms with Gasteiger partial charge in [0.05, 0.1) is 18.9 Å². The van der Waals surface area contributed by atoms with Crippen molar-refractivity contribution in [2.75, 3.05) is 24.6 Å². The second kappa shape index (κ2) is 7.15. The first-order valence-electron chi connectivity index (χ1n) is 7.58. The second-order valence-electron chi connectivity index (χ2n) is 5.43. The summed E-state index contributed by atoms with van der Waals surface area (Å²) in [5.74, 6) is 0.688. The van der Waals surface area contributed by atoms with Crippen molar-refractivity contribution in [2.45, 2.75) is 19.6 Å². The van der Waals surface area contributed by atoms with Gasteiger partial charge < -0.3 is 15.0 Å². The van der Waals surface area contributed by atoms with E-state index in [0.717, 1.165) is 31.1 Å². The first-order chi connectivity index (χ1) is 11.2. The van der Waals surface area contributed by atoms with Crippen molar-refractivity contribution in [3.05, 3.63) is 48.2 Å². The molecule has 1 aliphatic heterocycles. The number of pyridine rings is 1. The predicted molar refractivity (Wildman–Crippen MR) is 85.1 cm³/mol. The van der Waals surface area contributed by atoms with Crippen molar-refractivity contribution in [1.82, 2.24) is 20.3 Å². The molecule has 1 atom stereocenters. The first kappa shape index (κ1) is 15.4. The number of rotatable bonds is 4. The normalized spacial score (nSPS) is 17.8. The summed E-state index contributed by atoms with van der Waals surface area (Å²) in [6.07, 6.45) is 6.47. The second-order valence-corrected chi connectivity index (χ2v) is 5.43. The van der Waals surface area contributed by atoms with Gasteiger partial charge in [-0.15, -0.1) is 0 Å². The van der Waals surface area contributed by atoms with Crippen molar-refractivity contribution in [3.8, 4) is 0 Å². The van der Waals surface area contributed by atoms with Crippen LogP contribution in [-0.2, 0) is 11.3 Å². The van der Waals surface area contributed by atoms with Crippen LogP contribution in [0, 0.1) is 0 Å². The van der Waals surface area contributed by atoms with Crippen molar-refractivity contribution >= 4 is 11.7 Å². The van der Waals surface area contributed by atoms with E-state index in [1.165, 1.54) is 18.6 Å². The average molecular weight is 313 g/mol. The van der Waals surface area contributed by atoms with E-state index in [-0.39, 0.29) is 12.0 Å². The van der Waals surface area contributed by atoms with Crippen LogP contribution in [0.2, 0.25) is 0 Å². The van der Waals surface area contributed by atoms with Crippen molar-refractivity contribution in [3.63, 3.8) is 0 Å². The highest BCUT2D eigenvalue weighted by molar-refractivity contribution is 5.91. The van der Waals surface area contributed by atoms with Gasteiger partial charge in [-0.1, -0.05) is 6.07 Å². The molecule has 3 rings (SSSR count). The minimum Gasteiger partial charge on any atom is -0.375 e. The lowest BCUT2D eigenvalue weighted by molar-refractivity contribution is 0.0529. The maximum atomic E-state index is 11.9. The Balaban J connectivity index is 1.56. The van der Waals surface area contributed by atoms with Gasteiger partial charge in [-0.2, -0.15) is 0 Å². The fourth-order valence-electron chi connectivity index (χ4n) is 2.42. The zero-order valence-electron chi connectivity index (χ0n) is 13.0. The van der Waals surface area contributed by atoms with Gasteiger partial charge in [0.15, 0.2) is 0 Å². The summed E-state index contributed by atoms with van der Waals surface area (Å²) in [4.78, 5) is 26.4. The summed E-state index contributed by atoms with van der Waals surface area (Å²) < 4.78 is 5.53. The van der Waals surface area contributed by atoms with E-state index in [9.17, 15) is 4.79 Å². The molecule has 0 aliphatic carbocycles. The number of nitrogens with zero attached hydrogens (tertiary/aromatic N) is 4. The predicted octanol–water partition coefficient (Wildman–Crippen LogP) is 1.03. The van der Waals surface area contributed by atoms with E-state index < -0.39 is 0 Å². The number of carbonyl (C=O) groups excluding carboxylic acids is 1. The molecule has 2 aromatic heterocycles. The fourth-order valence-corrected chi connectivity index (χ4v) is 2.42. The number of nitrogens with one attached hydrogen (secondary N) is 1. The van der Waals surface area contributed by atoms with Crippen molar-refractivity contribution in [2.24, 2.45) is 0 Å². The first-order valence-corrected chi connectivity index (χ1v) is 7.58. The molecule has 1 amide bonds. The van der Waals surface area contributed by atoms with Crippen LogP contribution < -0.4 is 10.2 Å². The molecule has 0 unspecified atom stereocenters. The Morgan fingerprint density at radius 1 is 1.35 bits per heavy atom. The molecule has 1 N–H and O–H groups in total. The lowest BCUT2D eigenvalue weighted by Crippen LogP contribution is -2.41. The third-order valence-electron chi connectivity index (χ3n) is 3.62. The summed E-state index contributed by atoms with van der Waals surface area (Å²) >= 11 is 0. The zero-order valence-corrected chi connectivity index (χ0v) is 13.0. The highest BCUT2D eigenvalue weighted by atomic mass is 16.5. The molecule has 1 saturated heterocycles. The Hall–Kier alpha value is -2.54. The van der Waals surface area contributed by atoms with Crippen LogP contribution in [0.3, 0.4) is 0 Å². The van der Waals surface area contributed by atoms with E-state index >= 15 is 0 Å². The molecule has 3 heterocycles. The number of ether oxygens (including phenoxy) is 1. The van der Waals surface area contributed by atoms with Crippen LogP contribution in [0.1, 0.15) is 23.0 Å². The van der Waals surface area contributed by atoms with Crippen LogP contribution >= 0.6 is 0 Å². The Morgan fingerprint density at radius 2 is 2.26 bits per heavy atom. The highest BCUT2D eigenvalue weighted by Gasteiger charge is 2.17. The van der Waals surface area contributed by atoms with Crippen LogP contribution in [0.15, 0.2) is 36.9 Å². The van der Waals surface area contributed by atoms with Crippen molar-refractivity contribution < 1.29 is 9.53 Å². The molecule has 7 nitrogen and oxygen atoms in total. The van der Waals surface area contributed by atoms with Gasteiger partial charge in [0.2, 0.25) is 0 Å².